The molecule has 0 aliphatic rings. The van der Waals surface area contributed by atoms with Crippen molar-refractivity contribution in [2.45, 2.75) is 0 Å². The zero-order valence-electron chi connectivity index (χ0n) is 13.1. The van der Waals surface area contributed by atoms with Crippen LogP contribution in [0.1, 0.15) is 15.2 Å². The van der Waals surface area contributed by atoms with Crippen molar-refractivity contribution in [3.63, 3.8) is 0 Å². The highest BCUT2D eigenvalue weighted by Crippen LogP contribution is 2.37. The predicted molar refractivity (Wildman–Crippen MR) is 102 cm³/mol. The number of carbonyl (C=O) groups excluding carboxylic acids is 1. The average molecular weight is 347 g/mol. The maximum atomic E-state index is 12.3. The monoisotopic (exact) mass is 347 g/mol. The molecular formula is C20H13NO3S. The first-order chi connectivity index (χ1) is 12.1. The Morgan fingerprint density at radius 2 is 1.72 bits per heavy atom. The summed E-state index contributed by atoms with van der Waals surface area (Å²) in [6, 6.07) is 16.3. The average Bonchev–Trinajstić information content (AvgIpc) is 2.98. The molecule has 0 saturated heterocycles. The van der Waals surface area contributed by atoms with Gasteiger partial charge in [-0.3, -0.25) is 4.79 Å². The van der Waals surface area contributed by atoms with E-state index in [-0.39, 0.29) is 5.78 Å². The number of carbonyl (C=O) groups is 1. The third-order valence-electron chi connectivity index (χ3n) is 3.97. The second-order valence-electron chi connectivity index (χ2n) is 5.53. The van der Waals surface area contributed by atoms with Crippen molar-refractivity contribution in [1.29, 1.82) is 0 Å². The van der Waals surface area contributed by atoms with Gasteiger partial charge >= 0.3 is 5.63 Å². The Kier molecular flexibility index (Phi) is 3.71. The van der Waals surface area contributed by atoms with Crippen molar-refractivity contribution in [1.82, 2.24) is 0 Å². The van der Waals surface area contributed by atoms with Gasteiger partial charge in [0, 0.05) is 21.2 Å². The Labute approximate surface area is 146 Å². The van der Waals surface area contributed by atoms with Gasteiger partial charge in [-0.25, -0.2) is 4.79 Å². The maximum Gasteiger partial charge on any atom is 0.347 e. The molecule has 5 heteroatoms. The molecule has 0 bridgehead atoms. The minimum Gasteiger partial charge on any atom is -0.422 e. The molecule has 2 heterocycles. The molecular weight excluding hydrogens is 334 g/mol. The lowest BCUT2D eigenvalue weighted by atomic mass is 10.1. The highest BCUT2D eigenvalue weighted by molar-refractivity contribution is 7.18. The number of ketones is 1. The van der Waals surface area contributed by atoms with E-state index in [1.807, 2.05) is 30.3 Å². The number of fused-ring (bicyclic) bond motifs is 3. The van der Waals surface area contributed by atoms with Gasteiger partial charge in [-0.1, -0.05) is 48.5 Å². The van der Waals surface area contributed by atoms with Crippen LogP contribution in [0.15, 0.2) is 69.9 Å². The van der Waals surface area contributed by atoms with Crippen LogP contribution in [0.4, 0.5) is 5.00 Å². The number of nitrogens with two attached hydrogens (primary N) is 1. The fourth-order valence-electron chi connectivity index (χ4n) is 2.82. The Morgan fingerprint density at radius 3 is 2.52 bits per heavy atom. The van der Waals surface area contributed by atoms with Gasteiger partial charge in [0.05, 0.1) is 0 Å². The van der Waals surface area contributed by atoms with E-state index in [2.05, 4.69) is 0 Å². The largest absolute Gasteiger partial charge is 0.422 e. The molecule has 4 aromatic rings. The topological polar surface area (TPSA) is 73.3 Å². The molecule has 0 atom stereocenters. The smallest absolute Gasteiger partial charge is 0.347 e. The SMILES string of the molecule is Nc1sc(/C=C/C(=O)c2ccccc2)c2c1c(=O)oc1ccccc12. The van der Waals surface area contributed by atoms with E-state index in [4.69, 9.17) is 10.2 Å². The minimum absolute atomic E-state index is 0.104. The molecule has 0 aliphatic carbocycles. The summed E-state index contributed by atoms with van der Waals surface area (Å²) in [6.07, 6.45) is 3.22. The molecule has 2 aromatic carbocycles. The molecule has 0 aliphatic heterocycles. The van der Waals surface area contributed by atoms with Gasteiger partial charge in [0.25, 0.3) is 0 Å². The fraction of sp³-hybridized carbons (Fsp3) is 0. The zero-order chi connectivity index (χ0) is 17.4. The summed E-state index contributed by atoms with van der Waals surface area (Å²) in [5.41, 5.74) is 6.67. The van der Waals surface area contributed by atoms with Gasteiger partial charge in [0.2, 0.25) is 0 Å². The Morgan fingerprint density at radius 1 is 1.00 bits per heavy atom. The van der Waals surface area contributed by atoms with E-state index < -0.39 is 5.63 Å². The van der Waals surface area contributed by atoms with E-state index in [9.17, 15) is 9.59 Å². The third kappa shape index (κ3) is 2.64. The highest BCUT2D eigenvalue weighted by Gasteiger charge is 2.16. The molecule has 2 N–H and O–H groups in total. The molecule has 0 unspecified atom stereocenters. The van der Waals surface area contributed by atoms with E-state index in [1.165, 1.54) is 17.4 Å². The quantitative estimate of drug-likeness (QED) is 0.337. The first-order valence-electron chi connectivity index (χ1n) is 7.66. The summed E-state index contributed by atoms with van der Waals surface area (Å²) in [5.74, 6) is -0.104. The van der Waals surface area contributed by atoms with Crippen LogP contribution in [0, 0.1) is 0 Å². The first-order valence-corrected chi connectivity index (χ1v) is 8.48. The van der Waals surface area contributed by atoms with Gasteiger partial charge in [-0.15, -0.1) is 11.3 Å². The summed E-state index contributed by atoms with van der Waals surface area (Å²) in [5, 5.41) is 2.29. The van der Waals surface area contributed by atoms with E-state index in [0.29, 0.717) is 21.5 Å². The normalized spacial score (nSPS) is 11.5. The zero-order valence-corrected chi connectivity index (χ0v) is 13.9. The van der Waals surface area contributed by atoms with Crippen molar-refractivity contribution in [2.75, 3.05) is 5.73 Å². The number of anilines is 1. The molecule has 4 nitrogen and oxygen atoms in total. The number of allylic oxidation sites excluding steroid dienone is 1. The highest BCUT2D eigenvalue weighted by atomic mass is 32.1. The van der Waals surface area contributed by atoms with Gasteiger partial charge in [0.15, 0.2) is 5.78 Å². The van der Waals surface area contributed by atoms with Crippen molar-refractivity contribution in [3.05, 3.63) is 81.5 Å². The second kappa shape index (κ2) is 6.03. The summed E-state index contributed by atoms with van der Waals surface area (Å²) >= 11 is 1.27. The summed E-state index contributed by atoms with van der Waals surface area (Å²) in [7, 11) is 0. The third-order valence-corrected chi connectivity index (χ3v) is 4.95. The predicted octanol–water partition coefficient (Wildman–Crippen LogP) is 4.49. The lowest BCUT2D eigenvalue weighted by Crippen LogP contribution is -2.00. The number of hydrogen-bond donors (Lipinski definition) is 1. The maximum absolute atomic E-state index is 12.3. The minimum atomic E-state index is -0.462. The van der Waals surface area contributed by atoms with Crippen molar-refractivity contribution >= 4 is 49.9 Å². The van der Waals surface area contributed by atoms with Gasteiger partial charge < -0.3 is 10.2 Å². The molecule has 4 rings (SSSR count). The number of benzene rings is 2. The standard InChI is InChI=1S/C20H13NO3S/c21-19-18-17(13-8-4-5-9-15(13)24-20(18)23)16(25-19)11-10-14(22)12-6-2-1-3-7-12/h1-11H,21H2/b11-10+. The molecule has 0 spiro atoms. The molecule has 0 fully saturated rings. The van der Waals surface area contributed by atoms with Crippen LogP contribution in [0.5, 0.6) is 0 Å². The van der Waals surface area contributed by atoms with Crippen LogP contribution in [-0.4, -0.2) is 5.78 Å². The van der Waals surface area contributed by atoms with Gasteiger partial charge in [0.1, 0.15) is 16.0 Å². The number of rotatable bonds is 3. The van der Waals surface area contributed by atoms with Crippen molar-refractivity contribution < 1.29 is 9.21 Å². The van der Waals surface area contributed by atoms with E-state index >= 15 is 0 Å². The van der Waals surface area contributed by atoms with Crippen LogP contribution >= 0.6 is 11.3 Å². The first kappa shape index (κ1) is 15.4. The number of nitrogen functional groups attached to an aromatic ring is 1. The van der Waals surface area contributed by atoms with Crippen LogP contribution in [-0.2, 0) is 0 Å². The Hall–Kier alpha value is -3.18. The molecule has 25 heavy (non-hydrogen) atoms. The van der Waals surface area contributed by atoms with Crippen LogP contribution in [0.25, 0.3) is 27.8 Å². The van der Waals surface area contributed by atoms with E-state index in [0.717, 1.165) is 15.6 Å². The summed E-state index contributed by atoms with van der Waals surface area (Å²) in [4.78, 5) is 25.3. The van der Waals surface area contributed by atoms with Crippen LogP contribution in [0.3, 0.4) is 0 Å². The summed E-state index contributed by atoms with van der Waals surface area (Å²) < 4.78 is 5.34. The number of hydrogen-bond acceptors (Lipinski definition) is 5. The molecule has 122 valence electrons. The molecule has 0 saturated carbocycles. The van der Waals surface area contributed by atoms with Crippen LogP contribution < -0.4 is 11.4 Å². The second-order valence-corrected chi connectivity index (χ2v) is 6.61. The van der Waals surface area contributed by atoms with E-state index in [1.54, 1.807) is 30.3 Å². The molecule has 2 aromatic heterocycles. The van der Waals surface area contributed by atoms with Crippen LogP contribution in [0.2, 0.25) is 0 Å². The molecule has 0 amide bonds. The Bertz CT molecular complexity index is 1190. The van der Waals surface area contributed by atoms with Gasteiger partial charge in [-0.05, 0) is 18.2 Å². The Balaban J connectivity index is 1.89. The number of para-hydroxylation sites is 1. The van der Waals surface area contributed by atoms with Crippen molar-refractivity contribution in [2.24, 2.45) is 0 Å². The fourth-order valence-corrected chi connectivity index (χ4v) is 3.79. The number of thiophene rings is 1. The van der Waals surface area contributed by atoms with Gasteiger partial charge in [-0.2, -0.15) is 0 Å². The van der Waals surface area contributed by atoms with Crippen molar-refractivity contribution in [3.8, 4) is 0 Å². The lowest BCUT2D eigenvalue weighted by molar-refractivity contribution is 0.104. The molecule has 0 radical (unpaired) electrons. The lowest BCUT2D eigenvalue weighted by Gasteiger charge is -1.99. The summed E-state index contributed by atoms with van der Waals surface area (Å²) in [6.45, 7) is 0.